The molecule has 0 saturated heterocycles. The number of aromatic hydroxyl groups is 2. The first-order valence-electron chi connectivity index (χ1n) is 8.45. The number of aliphatic hydroxyl groups is 2. The van der Waals surface area contributed by atoms with E-state index in [0.717, 1.165) is 0 Å². The molecule has 2 aromatic rings. The summed E-state index contributed by atoms with van der Waals surface area (Å²) in [5.74, 6) is 0.198. The first-order valence-corrected chi connectivity index (χ1v) is 8.45. The van der Waals surface area contributed by atoms with Gasteiger partial charge in [-0.3, -0.25) is 9.97 Å². The first-order chi connectivity index (χ1) is 12.5. The van der Waals surface area contributed by atoms with Crippen LogP contribution in [0.25, 0.3) is 0 Å². The van der Waals surface area contributed by atoms with Crippen LogP contribution in [0.2, 0.25) is 0 Å². The molecule has 8 nitrogen and oxygen atoms in total. The quantitative estimate of drug-likeness (QED) is 0.353. The van der Waals surface area contributed by atoms with Gasteiger partial charge in [-0.05, 0) is 13.8 Å². The Kier molecular flexibility index (Phi) is 7.28. The SMILES string of the molecule is Cc1ncc(CO)c(CNCCNCc2c(CO)cnc(C)c2O)c1O. The van der Waals surface area contributed by atoms with Gasteiger partial charge in [0.2, 0.25) is 0 Å². The molecule has 0 bridgehead atoms. The zero-order chi connectivity index (χ0) is 19.1. The second-order valence-corrected chi connectivity index (χ2v) is 6.06. The molecule has 26 heavy (non-hydrogen) atoms. The fourth-order valence-corrected chi connectivity index (χ4v) is 2.64. The lowest BCUT2D eigenvalue weighted by atomic mass is 10.1. The van der Waals surface area contributed by atoms with E-state index in [1.165, 1.54) is 0 Å². The third-order valence-corrected chi connectivity index (χ3v) is 4.28. The van der Waals surface area contributed by atoms with E-state index in [1.807, 2.05) is 0 Å². The molecule has 0 unspecified atom stereocenters. The largest absolute Gasteiger partial charge is 0.506 e. The van der Waals surface area contributed by atoms with Crippen LogP contribution in [-0.2, 0) is 26.3 Å². The summed E-state index contributed by atoms with van der Waals surface area (Å²) < 4.78 is 0. The number of pyridine rings is 2. The van der Waals surface area contributed by atoms with Crippen molar-refractivity contribution in [3.63, 3.8) is 0 Å². The molecule has 0 saturated carbocycles. The molecule has 2 heterocycles. The molecule has 0 fully saturated rings. The minimum atomic E-state index is -0.180. The normalized spacial score (nSPS) is 11.1. The molecule has 0 spiro atoms. The van der Waals surface area contributed by atoms with Gasteiger partial charge in [-0.2, -0.15) is 0 Å². The van der Waals surface area contributed by atoms with Crippen molar-refractivity contribution in [3.8, 4) is 11.5 Å². The average molecular weight is 362 g/mol. The van der Waals surface area contributed by atoms with E-state index in [4.69, 9.17) is 0 Å². The van der Waals surface area contributed by atoms with E-state index in [-0.39, 0.29) is 24.7 Å². The van der Waals surface area contributed by atoms with Gasteiger partial charge in [0.15, 0.2) is 0 Å². The molecule has 142 valence electrons. The summed E-state index contributed by atoms with van der Waals surface area (Å²) in [6, 6.07) is 0. The van der Waals surface area contributed by atoms with Crippen molar-refractivity contribution in [2.75, 3.05) is 13.1 Å². The van der Waals surface area contributed by atoms with Gasteiger partial charge < -0.3 is 31.1 Å². The summed E-state index contributed by atoms with van der Waals surface area (Å²) in [6.45, 7) is 5.12. The van der Waals surface area contributed by atoms with E-state index >= 15 is 0 Å². The number of aromatic nitrogens is 2. The maximum absolute atomic E-state index is 10.1. The Morgan fingerprint density at radius 3 is 1.50 bits per heavy atom. The van der Waals surface area contributed by atoms with Gasteiger partial charge in [-0.25, -0.2) is 0 Å². The molecule has 0 aliphatic carbocycles. The summed E-state index contributed by atoms with van der Waals surface area (Å²) in [5, 5.41) is 45.3. The maximum Gasteiger partial charge on any atom is 0.141 e. The minimum Gasteiger partial charge on any atom is -0.506 e. The Hall–Kier alpha value is -2.26. The summed E-state index contributed by atoms with van der Waals surface area (Å²) in [5.41, 5.74) is 3.53. The topological polar surface area (TPSA) is 131 Å². The summed E-state index contributed by atoms with van der Waals surface area (Å²) >= 11 is 0. The molecule has 0 radical (unpaired) electrons. The van der Waals surface area contributed by atoms with Crippen LogP contribution in [0.15, 0.2) is 12.4 Å². The second-order valence-electron chi connectivity index (χ2n) is 6.06. The molecule has 0 aliphatic rings. The highest BCUT2D eigenvalue weighted by molar-refractivity contribution is 5.41. The fourth-order valence-electron chi connectivity index (χ4n) is 2.64. The van der Waals surface area contributed by atoms with Gasteiger partial charge in [0.25, 0.3) is 0 Å². The lowest BCUT2D eigenvalue weighted by Gasteiger charge is -2.14. The van der Waals surface area contributed by atoms with Gasteiger partial charge in [-0.15, -0.1) is 0 Å². The monoisotopic (exact) mass is 362 g/mol. The number of aryl methyl sites for hydroxylation is 2. The number of hydrogen-bond donors (Lipinski definition) is 6. The lowest BCUT2D eigenvalue weighted by molar-refractivity contribution is 0.278. The van der Waals surface area contributed by atoms with E-state index in [0.29, 0.717) is 59.8 Å². The molecule has 8 heteroatoms. The van der Waals surface area contributed by atoms with E-state index < -0.39 is 0 Å². The Labute approximate surface area is 152 Å². The van der Waals surface area contributed by atoms with Gasteiger partial charge in [0.05, 0.1) is 24.6 Å². The van der Waals surface area contributed by atoms with Gasteiger partial charge >= 0.3 is 0 Å². The number of aliphatic hydroxyl groups excluding tert-OH is 2. The van der Waals surface area contributed by atoms with Crippen molar-refractivity contribution in [1.82, 2.24) is 20.6 Å². The van der Waals surface area contributed by atoms with Crippen LogP contribution in [0.1, 0.15) is 33.6 Å². The molecule has 0 aliphatic heterocycles. The molecule has 0 aromatic carbocycles. The summed E-state index contributed by atoms with van der Waals surface area (Å²) in [7, 11) is 0. The van der Waals surface area contributed by atoms with Crippen LogP contribution >= 0.6 is 0 Å². The van der Waals surface area contributed by atoms with Gasteiger partial charge in [0, 0.05) is 60.8 Å². The Bertz CT molecular complexity index is 689. The van der Waals surface area contributed by atoms with Gasteiger partial charge in [0.1, 0.15) is 11.5 Å². The Balaban J connectivity index is 1.84. The molecular weight excluding hydrogens is 336 g/mol. The average Bonchev–Trinajstić information content (AvgIpc) is 2.64. The molecule has 2 aromatic heterocycles. The van der Waals surface area contributed by atoms with Crippen molar-refractivity contribution < 1.29 is 20.4 Å². The van der Waals surface area contributed by atoms with Crippen LogP contribution < -0.4 is 10.6 Å². The van der Waals surface area contributed by atoms with Crippen molar-refractivity contribution in [2.24, 2.45) is 0 Å². The van der Waals surface area contributed by atoms with E-state index in [1.54, 1.807) is 26.2 Å². The van der Waals surface area contributed by atoms with E-state index in [2.05, 4.69) is 20.6 Å². The standard InChI is InChI=1S/C18H26N4O4/c1-11-17(25)15(13(9-23)5-21-11)7-19-3-4-20-8-16-14(10-24)6-22-12(2)18(16)26/h5-6,19-20,23-26H,3-4,7-10H2,1-2H3. The zero-order valence-electron chi connectivity index (χ0n) is 15.1. The Morgan fingerprint density at radius 2 is 1.15 bits per heavy atom. The van der Waals surface area contributed by atoms with Crippen LogP contribution in [0.3, 0.4) is 0 Å². The summed E-state index contributed by atoms with van der Waals surface area (Å²) in [4.78, 5) is 8.07. The third kappa shape index (κ3) is 4.67. The van der Waals surface area contributed by atoms with Gasteiger partial charge in [-0.1, -0.05) is 0 Å². The molecule has 0 amide bonds. The van der Waals surface area contributed by atoms with Crippen LogP contribution in [0, 0.1) is 13.8 Å². The fraction of sp³-hybridized carbons (Fsp3) is 0.444. The smallest absolute Gasteiger partial charge is 0.141 e. The number of nitrogens with one attached hydrogen (secondary N) is 2. The molecular formula is C18H26N4O4. The minimum absolute atomic E-state index is 0.0989. The van der Waals surface area contributed by atoms with Crippen LogP contribution in [0.5, 0.6) is 11.5 Å². The predicted molar refractivity (Wildman–Crippen MR) is 96.5 cm³/mol. The molecule has 2 rings (SSSR count). The Morgan fingerprint density at radius 1 is 0.769 bits per heavy atom. The van der Waals surface area contributed by atoms with Crippen molar-refractivity contribution >= 4 is 0 Å². The maximum atomic E-state index is 10.1. The van der Waals surface area contributed by atoms with Crippen LogP contribution in [0.4, 0.5) is 0 Å². The predicted octanol–water partition coefficient (Wildman–Crippen LogP) is 0.369. The first kappa shape index (κ1) is 20.1. The number of hydrogen-bond acceptors (Lipinski definition) is 8. The van der Waals surface area contributed by atoms with Crippen LogP contribution in [-0.4, -0.2) is 43.5 Å². The lowest BCUT2D eigenvalue weighted by Crippen LogP contribution is -2.27. The zero-order valence-corrected chi connectivity index (χ0v) is 15.1. The highest BCUT2D eigenvalue weighted by Crippen LogP contribution is 2.24. The second kappa shape index (κ2) is 9.44. The third-order valence-electron chi connectivity index (χ3n) is 4.28. The number of rotatable bonds is 9. The highest BCUT2D eigenvalue weighted by atomic mass is 16.3. The van der Waals surface area contributed by atoms with Crippen molar-refractivity contribution in [2.45, 2.75) is 40.2 Å². The van der Waals surface area contributed by atoms with Crippen molar-refractivity contribution in [3.05, 3.63) is 46.0 Å². The molecule has 0 atom stereocenters. The molecule has 6 N–H and O–H groups in total. The van der Waals surface area contributed by atoms with Crippen molar-refractivity contribution in [1.29, 1.82) is 0 Å². The highest BCUT2D eigenvalue weighted by Gasteiger charge is 2.12. The summed E-state index contributed by atoms with van der Waals surface area (Å²) in [6.07, 6.45) is 3.13. The van der Waals surface area contributed by atoms with E-state index in [9.17, 15) is 20.4 Å². The number of nitrogens with zero attached hydrogens (tertiary/aromatic N) is 2.